The van der Waals surface area contributed by atoms with Gasteiger partial charge in [-0.3, -0.25) is 4.57 Å². The highest BCUT2D eigenvalue weighted by molar-refractivity contribution is 14.0. The normalized spacial score (nSPS) is 14.1. The highest BCUT2D eigenvalue weighted by Gasteiger charge is 2.26. The van der Waals surface area contributed by atoms with Gasteiger partial charge in [0.05, 0.1) is 12.8 Å². The van der Waals surface area contributed by atoms with Crippen LogP contribution in [0.4, 0.5) is 8.78 Å². The van der Waals surface area contributed by atoms with Crippen LogP contribution in [-0.4, -0.2) is 33.7 Å². The number of hydrogen-bond acceptors (Lipinski definition) is 4. The van der Waals surface area contributed by atoms with Crippen LogP contribution < -0.4 is 10.6 Å². The summed E-state index contributed by atoms with van der Waals surface area (Å²) in [6.45, 7) is 1.52. The number of rotatable bonds is 7. The molecule has 2 heterocycles. The number of furan rings is 1. The summed E-state index contributed by atoms with van der Waals surface area (Å²) in [5.74, 6) is 0.951. The van der Waals surface area contributed by atoms with E-state index in [0.717, 1.165) is 4.57 Å². The van der Waals surface area contributed by atoms with Gasteiger partial charge in [-0.2, -0.15) is 8.78 Å². The van der Waals surface area contributed by atoms with Crippen molar-refractivity contribution < 1.29 is 18.3 Å². The number of aromatic nitrogens is 2. The molecule has 0 aliphatic rings. The molecule has 0 spiro atoms. The lowest BCUT2D eigenvalue weighted by Crippen LogP contribution is -2.44. The van der Waals surface area contributed by atoms with E-state index in [1.54, 1.807) is 19.1 Å². The fourth-order valence-electron chi connectivity index (χ4n) is 2.06. The second-order valence-electron chi connectivity index (χ2n) is 5.33. The molecular weight excluding hydrogens is 447 g/mol. The molecule has 0 saturated heterocycles. The number of alkyl halides is 2. The topological polar surface area (TPSA) is 87.6 Å². The van der Waals surface area contributed by atoms with Crippen molar-refractivity contribution in [1.29, 1.82) is 0 Å². The molecule has 2 aromatic rings. The van der Waals surface area contributed by atoms with Gasteiger partial charge in [0.1, 0.15) is 23.7 Å². The van der Waals surface area contributed by atoms with Crippen molar-refractivity contribution in [1.82, 2.24) is 20.2 Å². The average Bonchev–Trinajstić information content (AvgIpc) is 3.20. The summed E-state index contributed by atoms with van der Waals surface area (Å²) in [6, 6.07) is 3.36. The van der Waals surface area contributed by atoms with Crippen molar-refractivity contribution in [3.63, 3.8) is 0 Å². The molecule has 0 radical (unpaired) electrons. The number of nitrogens with zero attached hydrogens (tertiary/aromatic N) is 3. The fraction of sp³-hybridized carbons (Fsp3) is 0.467. The Bertz CT molecular complexity index is 659. The van der Waals surface area contributed by atoms with E-state index in [9.17, 15) is 13.9 Å². The summed E-state index contributed by atoms with van der Waals surface area (Å²) in [4.78, 5) is 8.09. The maximum absolute atomic E-state index is 12.8. The van der Waals surface area contributed by atoms with Crippen LogP contribution in [-0.2, 0) is 12.1 Å². The van der Waals surface area contributed by atoms with Crippen molar-refractivity contribution in [3.05, 3.63) is 42.4 Å². The Balaban J connectivity index is 0.00000312. The number of aliphatic hydroxyl groups is 1. The lowest BCUT2D eigenvalue weighted by atomic mass is 10.0. The molecule has 0 bridgehead atoms. The predicted octanol–water partition coefficient (Wildman–Crippen LogP) is 2.45. The molecular formula is C15H22F2IN5O2. The van der Waals surface area contributed by atoms with Crippen LogP contribution in [0.25, 0.3) is 0 Å². The van der Waals surface area contributed by atoms with Crippen molar-refractivity contribution >= 4 is 29.9 Å². The first-order chi connectivity index (χ1) is 11.4. The summed E-state index contributed by atoms with van der Waals surface area (Å²) < 4.78 is 31.5. The van der Waals surface area contributed by atoms with E-state index >= 15 is 0 Å². The molecule has 3 N–H and O–H groups in total. The first-order valence-corrected chi connectivity index (χ1v) is 7.52. The van der Waals surface area contributed by atoms with Gasteiger partial charge in [-0.25, -0.2) is 9.98 Å². The van der Waals surface area contributed by atoms with Crippen molar-refractivity contribution in [2.24, 2.45) is 4.99 Å². The quantitative estimate of drug-likeness (QED) is 0.330. The Hall–Kier alpha value is -1.69. The molecule has 0 fully saturated rings. The SMILES string of the molecule is CCNC(=NCc1nccn1C(F)F)NCC(C)(O)c1ccco1.I. The molecule has 2 rings (SSSR count). The average molecular weight is 469 g/mol. The highest BCUT2D eigenvalue weighted by atomic mass is 127. The van der Waals surface area contributed by atoms with Crippen molar-refractivity contribution in [2.75, 3.05) is 13.1 Å². The highest BCUT2D eigenvalue weighted by Crippen LogP contribution is 2.19. The molecule has 25 heavy (non-hydrogen) atoms. The lowest BCUT2D eigenvalue weighted by Gasteiger charge is -2.22. The monoisotopic (exact) mass is 469 g/mol. The Morgan fingerprint density at radius 2 is 2.24 bits per heavy atom. The maximum Gasteiger partial charge on any atom is 0.319 e. The third-order valence-electron chi connectivity index (χ3n) is 3.33. The molecule has 0 aliphatic heterocycles. The van der Waals surface area contributed by atoms with Crippen LogP contribution in [0.1, 0.15) is 32.0 Å². The Morgan fingerprint density at radius 1 is 1.48 bits per heavy atom. The molecule has 0 aromatic carbocycles. The van der Waals surface area contributed by atoms with Gasteiger partial charge < -0.3 is 20.2 Å². The van der Waals surface area contributed by atoms with Crippen molar-refractivity contribution in [2.45, 2.75) is 32.5 Å². The minimum Gasteiger partial charge on any atom is -0.466 e. The third kappa shape index (κ3) is 5.96. The van der Waals surface area contributed by atoms with E-state index in [0.29, 0.717) is 18.3 Å². The number of aliphatic imine (C=N–C) groups is 1. The van der Waals surface area contributed by atoms with Gasteiger partial charge in [-0.1, -0.05) is 0 Å². The van der Waals surface area contributed by atoms with E-state index in [1.165, 1.54) is 18.7 Å². The minimum absolute atomic E-state index is 0. The van der Waals surface area contributed by atoms with Crippen LogP contribution in [0.15, 0.2) is 40.2 Å². The number of guanidine groups is 1. The minimum atomic E-state index is -2.66. The largest absolute Gasteiger partial charge is 0.466 e. The van der Waals surface area contributed by atoms with Gasteiger partial charge in [0, 0.05) is 18.9 Å². The Morgan fingerprint density at radius 3 is 2.84 bits per heavy atom. The molecule has 2 aromatic heterocycles. The first kappa shape index (κ1) is 21.4. The summed E-state index contributed by atoms with van der Waals surface area (Å²) in [5.41, 5.74) is -1.23. The van der Waals surface area contributed by atoms with Gasteiger partial charge >= 0.3 is 6.55 Å². The number of imidazole rings is 1. The van der Waals surface area contributed by atoms with E-state index in [4.69, 9.17) is 4.42 Å². The summed E-state index contributed by atoms with van der Waals surface area (Å²) in [7, 11) is 0. The maximum atomic E-state index is 12.8. The molecule has 0 amide bonds. The molecule has 1 atom stereocenters. The molecule has 140 valence electrons. The molecule has 0 aliphatic carbocycles. The van der Waals surface area contributed by atoms with E-state index in [1.807, 2.05) is 6.92 Å². The summed E-state index contributed by atoms with van der Waals surface area (Å²) in [5, 5.41) is 16.4. The number of hydrogen-bond donors (Lipinski definition) is 3. The fourth-order valence-corrected chi connectivity index (χ4v) is 2.06. The number of halogens is 3. The van der Waals surface area contributed by atoms with Gasteiger partial charge in [-0.05, 0) is 26.0 Å². The predicted molar refractivity (Wildman–Crippen MR) is 100.0 cm³/mol. The smallest absolute Gasteiger partial charge is 0.319 e. The second-order valence-corrected chi connectivity index (χ2v) is 5.33. The first-order valence-electron chi connectivity index (χ1n) is 7.52. The van der Waals surface area contributed by atoms with E-state index < -0.39 is 12.2 Å². The van der Waals surface area contributed by atoms with E-state index in [2.05, 4.69) is 20.6 Å². The van der Waals surface area contributed by atoms with Crippen LogP contribution >= 0.6 is 24.0 Å². The van der Waals surface area contributed by atoms with Crippen LogP contribution in [0.3, 0.4) is 0 Å². The summed E-state index contributed by atoms with van der Waals surface area (Å²) >= 11 is 0. The van der Waals surface area contributed by atoms with Crippen LogP contribution in [0, 0.1) is 0 Å². The zero-order chi connectivity index (χ0) is 17.6. The zero-order valence-electron chi connectivity index (χ0n) is 13.9. The molecule has 1 unspecified atom stereocenters. The van der Waals surface area contributed by atoms with E-state index in [-0.39, 0.29) is 42.9 Å². The van der Waals surface area contributed by atoms with Crippen molar-refractivity contribution in [3.8, 4) is 0 Å². The molecule has 7 nitrogen and oxygen atoms in total. The van der Waals surface area contributed by atoms with Gasteiger partial charge in [0.2, 0.25) is 0 Å². The zero-order valence-corrected chi connectivity index (χ0v) is 16.3. The number of nitrogens with one attached hydrogen (secondary N) is 2. The standard InChI is InChI=1S/C15H21F2N5O2.HI/c1-3-18-14(20-9-12-19-6-7-22(12)13(16)17)21-10-15(2,23)11-5-4-8-24-11;/h4-8,13,23H,3,9-10H2,1-2H3,(H2,18,20,21);1H. The van der Waals surface area contributed by atoms with Gasteiger partial charge in [0.25, 0.3) is 0 Å². The third-order valence-corrected chi connectivity index (χ3v) is 3.33. The van der Waals surface area contributed by atoms with Gasteiger partial charge in [-0.15, -0.1) is 24.0 Å². The molecule has 10 heteroatoms. The Kier molecular flexibility index (Phi) is 8.29. The van der Waals surface area contributed by atoms with Crippen LogP contribution in [0.5, 0.6) is 0 Å². The molecule has 0 saturated carbocycles. The lowest BCUT2D eigenvalue weighted by molar-refractivity contribution is 0.0386. The second kappa shape index (κ2) is 9.70. The summed E-state index contributed by atoms with van der Waals surface area (Å²) in [6.07, 6.45) is 3.99. The van der Waals surface area contributed by atoms with Crippen LogP contribution in [0.2, 0.25) is 0 Å². The van der Waals surface area contributed by atoms with Gasteiger partial charge in [0.15, 0.2) is 5.96 Å². The Labute approximate surface area is 161 Å².